The van der Waals surface area contributed by atoms with Crippen LogP contribution >= 0.6 is 35.0 Å². The highest BCUT2D eigenvalue weighted by Gasteiger charge is 2.22. The molecule has 0 aromatic heterocycles. The van der Waals surface area contributed by atoms with Crippen LogP contribution in [0.3, 0.4) is 0 Å². The second-order valence-corrected chi connectivity index (χ2v) is 8.60. The Morgan fingerprint density at radius 1 is 0.966 bits per heavy atom. The maximum atomic E-state index is 12.3. The van der Waals surface area contributed by atoms with Crippen LogP contribution in [0.4, 0.5) is 5.69 Å². The summed E-state index contributed by atoms with van der Waals surface area (Å²) in [6.45, 7) is 2.42. The van der Waals surface area contributed by atoms with Gasteiger partial charge >= 0.3 is 5.97 Å². The largest absolute Gasteiger partial charge is 0.456 e. The van der Waals surface area contributed by atoms with Crippen LogP contribution in [-0.4, -0.2) is 55.3 Å². The van der Waals surface area contributed by atoms with E-state index < -0.39 is 0 Å². The molecule has 154 valence electrons. The quantitative estimate of drug-likeness (QED) is 0.461. The summed E-state index contributed by atoms with van der Waals surface area (Å²) in [6, 6.07) is 15.1. The lowest BCUT2D eigenvalue weighted by molar-refractivity contribution is -0.151. The number of carbonyl (C=O) groups excluding carboxylic acids is 2. The van der Waals surface area contributed by atoms with Gasteiger partial charge in [0.2, 0.25) is 0 Å². The third kappa shape index (κ3) is 6.84. The molecule has 0 saturated carbocycles. The van der Waals surface area contributed by atoms with Gasteiger partial charge in [-0.2, -0.15) is 0 Å². The van der Waals surface area contributed by atoms with Crippen molar-refractivity contribution in [1.29, 1.82) is 0 Å². The van der Waals surface area contributed by atoms with Crippen LogP contribution in [-0.2, 0) is 14.3 Å². The fraction of sp³-hybridized carbons (Fsp3) is 0.333. The lowest BCUT2D eigenvalue weighted by Gasteiger charge is -2.36. The fourth-order valence-electron chi connectivity index (χ4n) is 2.98. The molecule has 29 heavy (non-hydrogen) atoms. The summed E-state index contributed by atoms with van der Waals surface area (Å²) in [5, 5.41) is 1.38. The van der Waals surface area contributed by atoms with Crippen molar-refractivity contribution in [2.45, 2.75) is 11.3 Å². The molecule has 3 rings (SSSR count). The Balaban J connectivity index is 1.34. The molecule has 1 aliphatic heterocycles. The van der Waals surface area contributed by atoms with Crippen molar-refractivity contribution in [3.63, 3.8) is 0 Å². The summed E-state index contributed by atoms with van der Waals surface area (Å²) in [5.41, 5.74) is 1.05. The zero-order valence-corrected chi connectivity index (χ0v) is 18.2. The number of carbonyl (C=O) groups is 2. The van der Waals surface area contributed by atoms with E-state index in [0.29, 0.717) is 28.9 Å². The summed E-state index contributed by atoms with van der Waals surface area (Å²) in [5.74, 6) is 0.0688. The summed E-state index contributed by atoms with van der Waals surface area (Å²) in [6.07, 6.45) is 0.253. The van der Waals surface area contributed by atoms with Gasteiger partial charge in [-0.1, -0.05) is 29.3 Å². The molecule has 1 aliphatic rings. The van der Waals surface area contributed by atoms with Crippen molar-refractivity contribution < 1.29 is 14.3 Å². The fourth-order valence-corrected chi connectivity index (χ4v) is 4.12. The van der Waals surface area contributed by atoms with E-state index in [1.807, 2.05) is 48.5 Å². The first-order valence-electron chi connectivity index (χ1n) is 9.33. The van der Waals surface area contributed by atoms with Crippen LogP contribution in [0.5, 0.6) is 0 Å². The molecular formula is C21H22Cl2N2O3S. The molecule has 0 aliphatic carbocycles. The molecule has 0 spiro atoms. The van der Waals surface area contributed by atoms with E-state index in [0.717, 1.165) is 23.7 Å². The molecular weight excluding hydrogens is 431 g/mol. The highest BCUT2D eigenvalue weighted by molar-refractivity contribution is 7.99. The first kappa shape index (κ1) is 21.8. The molecule has 0 unspecified atom stereocenters. The van der Waals surface area contributed by atoms with Crippen LogP contribution in [0, 0.1) is 0 Å². The number of benzene rings is 2. The molecule has 0 bridgehead atoms. The van der Waals surface area contributed by atoms with E-state index in [4.69, 9.17) is 27.9 Å². The van der Waals surface area contributed by atoms with E-state index in [2.05, 4.69) is 4.90 Å². The number of thioether (sulfide) groups is 1. The molecule has 1 amide bonds. The van der Waals surface area contributed by atoms with Crippen LogP contribution in [0.15, 0.2) is 53.4 Å². The monoisotopic (exact) mass is 452 g/mol. The minimum absolute atomic E-state index is 0.158. The Labute approximate surface area is 184 Å². The second-order valence-electron chi connectivity index (χ2n) is 6.56. The van der Waals surface area contributed by atoms with Crippen molar-refractivity contribution in [2.75, 3.05) is 43.4 Å². The summed E-state index contributed by atoms with van der Waals surface area (Å²) >= 11 is 13.4. The number of piperazine rings is 1. The Hall–Kier alpha value is -1.89. The molecule has 2 aromatic carbocycles. The second kappa shape index (κ2) is 10.8. The Bertz CT molecular complexity index is 840. The maximum Gasteiger partial charge on any atom is 0.307 e. The number of anilines is 1. The van der Waals surface area contributed by atoms with Crippen molar-refractivity contribution >= 4 is 52.5 Å². The highest BCUT2D eigenvalue weighted by atomic mass is 35.5. The molecule has 5 nitrogen and oxygen atoms in total. The number of halogens is 2. The lowest BCUT2D eigenvalue weighted by Crippen LogP contribution is -2.49. The number of amides is 1. The van der Waals surface area contributed by atoms with E-state index in [-0.39, 0.29) is 24.9 Å². The average molecular weight is 453 g/mol. The Kier molecular flexibility index (Phi) is 8.09. The topological polar surface area (TPSA) is 49.9 Å². The van der Waals surface area contributed by atoms with Gasteiger partial charge in [-0.3, -0.25) is 9.59 Å². The SMILES string of the molecule is O=C(CCSc1ccc(Cl)cc1)OCC(=O)N1CCN(c2cccc(Cl)c2)CC1. The van der Waals surface area contributed by atoms with E-state index in [1.54, 1.807) is 16.7 Å². The molecule has 2 aromatic rings. The van der Waals surface area contributed by atoms with Gasteiger partial charge in [0.15, 0.2) is 6.61 Å². The number of hydrogen-bond donors (Lipinski definition) is 0. The molecule has 8 heteroatoms. The normalized spacial score (nSPS) is 14.0. The smallest absolute Gasteiger partial charge is 0.307 e. The van der Waals surface area contributed by atoms with Crippen LogP contribution in [0.25, 0.3) is 0 Å². The van der Waals surface area contributed by atoms with Crippen molar-refractivity contribution in [1.82, 2.24) is 4.90 Å². The number of ether oxygens (including phenoxy) is 1. The van der Waals surface area contributed by atoms with Gasteiger partial charge in [0.05, 0.1) is 6.42 Å². The van der Waals surface area contributed by atoms with Gasteiger partial charge in [-0.05, 0) is 42.5 Å². The van der Waals surface area contributed by atoms with Crippen molar-refractivity contribution in [3.05, 3.63) is 58.6 Å². The average Bonchev–Trinajstić information content (AvgIpc) is 2.73. The first-order valence-corrected chi connectivity index (χ1v) is 11.1. The third-order valence-electron chi connectivity index (χ3n) is 4.55. The van der Waals surface area contributed by atoms with Gasteiger partial charge in [0, 0.05) is 52.6 Å². The summed E-state index contributed by atoms with van der Waals surface area (Å²) < 4.78 is 5.15. The van der Waals surface area contributed by atoms with Gasteiger partial charge in [0.1, 0.15) is 0 Å². The number of rotatable bonds is 7. The van der Waals surface area contributed by atoms with Crippen LogP contribution < -0.4 is 4.90 Å². The minimum atomic E-state index is -0.364. The first-order chi connectivity index (χ1) is 14.0. The third-order valence-corrected chi connectivity index (χ3v) is 6.05. The number of nitrogens with zero attached hydrogens (tertiary/aromatic N) is 2. The molecule has 0 radical (unpaired) electrons. The Morgan fingerprint density at radius 3 is 2.38 bits per heavy atom. The predicted molar refractivity (Wildman–Crippen MR) is 118 cm³/mol. The standard InChI is InChI=1S/C21H22Cl2N2O3S/c22-16-4-6-19(7-5-16)29-13-8-21(27)28-15-20(26)25-11-9-24(10-12-25)18-3-1-2-17(23)14-18/h1-7,14H,8-13,15H2. The van der Waals surface area contributed by atoms with Crippen molar-refractivity contribution in [2.24, 2.45) is 0 Å². The molecule has 0 N–H and O–H groups in total. The van der Waals surface area contributed by atoms with Crippen LogP contribution in [0.2, 0.25) is 10.0 Å². The van der Waals surface area contributed by atoms with Gasteiger partial charge in [-0.25, -0.2) is 0 Å². The zero-order chi connectivity index (χ0) is 20.6. The van der Waals surface area contributed by atoms with Gasteiger partial charge in [-0.15, -0.1) is 11.8 Å². The predicted octanol–water partition coefficient (Wildman–Crippen LogP) is 4.37. The summed E-state index contributed by atoms with van der Waals surface area (Å²) in [4.78, 5) is 29.2. The van der Waals surface area contributed by atoms with Crippen molar-refractivity contribution in [3.8, 4) is 0 Å². The van der Waals surface area contributed by atoms with Gasteiger partial charge in [0.25, 0.3) is 5.91 Å². The minimum Gasteiger partial charge on any atom is -0.456 e. The number of esters is 1. The van der Waals surface area contributed by atoms with E-state index in [1.165, 1.54) is 0 Å². The Morgan fingerprint density at radius 2 is 1.69 bits per heavy atom. The van der Waals surface area contributed by atoms with E-state index >= 15 is 0 Å². The highest BCUT2D eigenvalue weighted by Crippen LogP contribution is 2.22. The summed E-state index contributed by atoms with van der Waals surface area (Å²) in [7, 11) is 0. The van der Waals surface area contributed by atoms with E-state index in [9.17, 15) is 9.59 Å². The number of hydrogen-bond acceptors (Lipinski definition) is 5. The zero-order valence-electron chi connectivity index (χ0n) is 15.9. The molecule has 1 fully saturated rings. The molecule has 1 heterocycles. The molecule has 1 saturated heterocycles. The molecule has 0 atom stereocenters. The van der Waals surface area contributed by atoms with Crippen LogP contribution in [0.1, 0.15) is 6.42 Å². The maximum absolute atomic E-state index is 12.3. The lowest BCUT2D eigenvalue weighted by atomic mass is 10.2. The van der Waals surface area contributed by atoms with Gasteiger partial charge < -0.3 is 14.5 Å².